The Morgan fingerprint density at radius 3 is 2.86 bits per heavy atom. The Morgan fingerprint density at radius 1 is 1.41 bits per heavy atom. The fourth-order valence-electron chi connectivity index (χ4n) is 3.03. The Bertz CT molecular complexity index is 690. The van der Waals surface area contributed by atoms with Gasteiger partial charge in [-0.3, -0.25) is 9.69 Å². The molecular weight excluding hydrogens is 325 g/mol. The lowest BCUT2D eigenvalue weighted by atomic mass is 10.0. The topological polar surface area (TPSA) is 40.5 Å². The van der Waals surface area contributed by atoms with E-state index >= 15 is 0 Å². The highest BCUT2D eigenvalue weighted by Gasteiger charge is 2.37. The average Bonchev–Trinajstić information content (AvgIpc) is 3.09. The van der Waals surface area contributed by atoms with Crippen LogP contribution in [0.2, 0.25) is 4.34 Å². The first-order chi connectivity index (χ1) is 10.6. The lowest BCUT2D eigenvalue weighted by Crippen LogP contribution is -2.39. The molecule has 2 atom stereocenters. The Morgan fingerprint density at radius 2 is 2.23 bits per heavy atom. The molecule has 1 aliphatic rings. The summed E-state index contributed by atoms with van der Waals surface area (Å²) in [4.78, 5) is 14.4. The maximum atomic E-state index is 13.6. The molecule has 1 N–H and O–H groups in total. The van der Waals surface area contributed by atoms with E-state index in [1.54, 1.807) is 12.1 Å². The van der Waals surface area contributed by atoms with Gasteiger partial charge in [-0.1, -0.05) is 23.7 Å². The van der Waals surface area contributed by atoms with Crippen molar-refractivity contribution >= 4 is 28.9 Å². The van der Waals surface area contributed by atoms with E-state index in [0.29, 0.717) is 17.3 Å². The Labute approximate surface area is 136 Å². The zero-order chi connectivity index (χ0) is 15.7. The van der Waals surface area contributed by atoms with Crippen molar-refractivity contribution in [3.63, 3.8) is 0 Å². The number of hydrogen-bond acceptors (Lipinski definition) is 3. The Kier molecular flexibility index (Phi) is 4.47. The maximum absolute atomic E-state index is 13.6. The molecule has 0 spiro atoms. The van der Waals surface area contributed by atoms with Crippen molar-refractivity contribution in [2.45, 2.75) is 24.9 Å². The van der Waals surface area contributed by atoms with Gasteiger partial charge in [-0.15, -0.1) is 11.3 Å². The molecular formula is C16H15ClFNO2S. The number of rotatable bonds is 4. The zero-order valence-corrected chi connectivity index (χ0v) is 13.3. The summed E-state index contributed by atoms with van der Waals surface area (Å²) in [5.74, 6) is -1.15. The predicted octanol–water partition coefficient (Wildman–Crippen LogP) is 4.18. The van der Waals surface area contributed by atoms with E-state index in [-0.39, 0.29) is 11.9 Å². The molecule has 1 aromatic heterocycles. The molecule has 2 aromatic rings. The first kappa shape index (κ1) is 15.5. The van der Waals surface area contributed by atoms with Gasteiger partial charge in [-0.25, -0.2) is 4.39 Å². The molecule has 6 heteroatoms. The SMILES string of the molecule is O=C(O)C1CCCN1C(c1cccc(F)c1)c1ccc(Cl)s1. The summed E-state index contributed by atoms with van der Waals surface area (Å²) >= 11 is 7.44. The molecule has 2 unspecified atom stereocenters. The van der Waals surface area contributed by atoms with Crippen LogP contribution in [0.25, 0.3) is 0 Å². The molecule has 1 saturated heterocycles. The normalized spacial score (nSPS) is 20.2. The van der Waals surface area contributed by atoms with E-state index in [9.17, 15) is 14.3 Å². The van der Waals surface area contributed by atoms with Crippen LogP contribution in [0.1, 0.15) is 29.3 Å². The number of likely N-dealkylation sites (tertiary alicyclic amines) is 1. The zero-order valence-electron chi connectivity index (χ0n) is 11.7. The summed E-state index contributed by atoms with van der Waals surface area (Å²) in [6.45, 7) is 0.674. The van der Waals surface area contributed by atoms with Crippen LogP contribution in [0.5, 0.6) is 0 Å². The Balaban J connectivity index is 2.05. The van der Waals surface area contributed by atoms with Gasteiger partial charge in [0.2, 0.25) is 0 Å². The molecule has 3 rings (SSSR count). The molecule has 116 valence electrons. The van der Waals surface area contributed by atoms with Gasteiger partial charge in [-0.05, 0) is 42.7 Å². The highest BCUT2D eigenvalue weighted by Crippen LogP contribution is 2.39. The third-order valence-electron chi connectivity index (χ3n) is 3.94. The van der Waals surface area contributed by atoms with Gasteiger partial charge in [-0.2, -0.15) is 0 Å². The fraction of sp³-hybridized carbons (Fsp3) is 0.312. The monoisotopic (exact) mass is 339 g/mol. The average molecular weight is 340 g/mol. The highest BCUT2D eigenvalue weighted by molar-refractivity contribution is 7.16. The molecule has 0 bridgehead atoms. The van der Waals surface area contributed by atoms with Gasteiger partial charge in [0.25, 0.3) is 0 Å². The Hall–Kier alpha value is -1.43. The third kappa shape index (κ3) is 3.02. The second-order valence-electron chi connectivity index (χ2n) is 5.33. The largest absolute Gasteiger partial charge is 0.480 e. The number of carboxylic acids is 1. The highest BCUT2D eigenvalue weighted by atomic mass is 35.5. The molecule has 22 heavy (non-hydrogen) atoms. The number of benzene rings is 1. The molecule has 1 fully saturated rings. The summed E-state index contributed by atoms with van der Waals surface area (Å²) in [6.07, 6.45) is 1.43. The summed E-state index contributed by atoms with van der Waals surface area (Å²) < 4.78 is 14.3. The van der Waals surface area contributed by atoms with Gasteiger partial charge < -0.3 is 5.11 Å². The van der Waals surface area contributed by atoms with Crippen LogP contribution in [-0.4, -0.2) is 28.6 Å². The van der Waals surface area contributed by atoms with E-state index in [2.05, 4.69) is 0 Å². The number of aliphatic carboxylic acids is 1. The number of hydrogen-bond donors (Lipinski definition) is 1. The number of carbonyl (C=O) groups is 1. The van der Waals surface area contributed by atoms with Crippen LogP contribution in [0.4, 0.5) is 4.39 Å². The third-order valence-corrected chi connectivity index (χ3v) is 5.22. The van der Waals surface area contributed by atoms with Crippen molar-refractivity contribution in [1.29, 1.82) is 0 Å². The standard InChI is InChI=1S/C16H15ClFNO2S/c17-14-7-6-13(22-14)15(10-3-1-4-11(18)9-10)19-8-2-5-12(19)16(20)21/h1,3-4,6-7,9,12,15H,2,5,8H2,(H,20,21). The van der Waals surface area contributed by atoms with Crippen LogP contribution >= 0.6 is 22.9 Å². The minimum Gasteiger partial charge on any atom is -0.480 e. The molecule has 3 nitrogen and oxygen atoms in total. The van der Waals surface area contributed by atoms with E-state index in [1.807, 2.05) is 17.0 Å². The lowest BCUT2D eigenvalue weighted by molar-refractivity contribution is -0.142. The fourth-order valence-corrected chi connectivity index (χ4v) is 4.25. The summed E-state index contributed by atoms with van der Waals surface area (Å²) in [6, 6.07) is 9.19. The van der Waals surface area contributed by atoms with Gasteiger partial charge in [0.05, 0.1) is 10.4 Å². The van der Waals surface area contributed by atoms with Crippen molar-refractivity contribution in [2.24, 2.45) is 0 Å². The molecule has 0 amide bonds. The molecule has 1 aromatic carbocycles. The first-order valence-corrected chi connectivity index (χ1v) is 8.25. The predicted molar refractivity (Wildman–Crippen MR) is 84.9 cm³/mol. The van der Waals surface area contributed by atoms with E-state index in [0.717, 1.165) is 16.9 Å². The van der Waals surface area contributed by atoms with Crippen molar-refractivity contribution in [3.8, 4) is 0 Å². The van der Waals surface area contributed by atoms with Crippen LogP contribution in [0.15, 0.2) is 36.4 Å². The van der Waals surface area contributed by atoms with Crippen LogP contribution in [0.3, 0.4) is 0 Å². The molecule has 2 heterocycles. The van der Waals surface area contributed by atoms with Gasteiger partial charge >= 0.3 is 5.97 Å². The number of thiophene rings is 1. The first-order valence-electron chi connectivity index (χ1n) is 7.05. The summed E-state index contributed by atoms with van der Waals surface area (Å²) in [5, 5.41) is 9.45. The second kappa shape index (κ2) is 6.36. The van der Waals surface area contributed by atoms with Crippen molar-refractivity contribution in [3.05, 3.63) is 57.0 Å². The number of carboxylic acid groups (broad SMARTS) is 1. The van der Waals surface area contributed by atoms with Crippen LogP contribution in [0, 0.1) is 5.82 Å². The summed E-state index contributed by atoms with van der Waals surface area (Å²) in [7, 11) is 0. The van der Waals surface area contributed by atoms with E-state index in [1.165, 1.54) is 23.5 Å². The van der Waals surface area contributed by atoms with Crippen LogP contribution in [-0.2, 0) is 4.79 Å². The van der Waals surface area contributed by atoms with Crippen LogP contribution < -0.4 is 0 Å². The second-order valence-corrected chi connectivity index (χ2v) is 7.08. The quantitative estimate of drug-likeness (QED) is 0.908. The van der Waals surface area contributed by atoms with E-state index < -0.39 is 12.0 Å². The number of halogens is 2. The van der Waals surface area contributed by atoms with E-state index in [4.69, 9.17) is 11.6 Å². The minimum atomic E-state index is -0.832. The maximum Gasteiger partial charge on any atom is 0.320 e. The van der Waals surface area contributed by atoms with Crippen molar-refractivity contribution in [2.75, 3.05) is 6.54 Å². The van der Waals surface area contributed by atoms with Gasteiger partial charge in [0.1, 0.15) is 11.9 Å². The van der Waals surface area contributed by atoms with Crippen molar-refractivity contribution in [1.82, 2.24) is 4.90 Å². The molecule has 0 aliphatic carbocycles. The van der Waals surface area contributed by atoms with Crippen molar-refractivity contribution < 1.29 is 14.3 Å². The van der Waals surface area contributed by atoms with Gasteiger partial charge in [0.15, 0.2) is 0 Å². The molecule has 0 saturated carbocycles. The minimum absolute atomic E-state index is 0.281. The molecule has 0 radical (unpaired) electrons. The number of nitrogens with zero attached hydrogens (tertiary/aromatic N) is 1. The van der Waals surface area contributed by atoms with Gasteiger partial charge in [0, 0.05) is 11.4 Å². The molecule has 1 aliphatic heterocycles. The summed E-state index contributed by atoms with van der Waals surface area (Å²) in [5.41, 5.74) is 0.756. The lowest BCUT2D eigenvalue weighted by Gasteiger charge is -2.31. The smallest absolute Gasteiger partial charge is 0.320 e.